The first-order chi connectivity index (χ1) is 11.6. The van der Waals surface area contributed by atoms with Crippen molar-refractivity contribution in [2.75, 3.05) is 0 Å². The summed E-state index contributed by atoms with van der Waals surface area (Å²) in [6, 6.07) is 18.1. The van der Waals surface area contributed by atoms with Crippen molar-refractivity contribution in [3.8, 4) is 0 Å². The third-order valence-electron chi connectivity index (χ3n) is 4.24. The highest BCUT2D eigenvalue weighted by molar-refractivity contribution is 7.99. The topological polar surface area (TPSA) is 50.7 Å². The molecule has 4 aromatic rings. The number of hydrogen-bond donors (Lipinski definition) is 1. The summed E-state index contributed by atoms with van der Waals surface area (Å²) in [6.45, 7) is 2.13. The molecule has 1 atom stereocenters. The predicted molar refractivity (Wildman–Crippen MR) is 99.6 cm³/mol. The molecule has 2 aromatic heterocycles. The quantitative estimate of drug-likeness (QED) is 0.449. The first kappa shape index (κ1) is 15.0. The minimum Gasteiger partial charge on any atom is -0.349 e. The molecule has 0 saturated carbocycles. The van der Waals surface area contributed by atoms with Gasteiger partial charge in [0.2, 0.25) is 0 Å². The van der Waals surface area contributed by atoms with E-state index in [2.05, 4.69) is 24.0 Å². The number of H-pyrrole nitrogens is 1. The van der Waals surface area contributed by atoms with Gasteiger partial charge in [-0.2, -0.15) is 0 Å². The molecule has 0 unspecified atom stereocenters. The van der Waals surface area contributed by atoms with Gasteiger partial charge < -0.3 is 4.98 Å². The van der Waals surface area contributed by atoms with Crippen molar-refractivity contribution in [1.29, 1.82) is 0 Å². The molecule has 2 aromatic carbocycles. The molecule has 0 saturated heterocycles. The average Bonchev–Trinajstić information content (AvgIpc) is 2.99. The number of hydrogen-bond acceptors (Lipinski definition) is 3. The first-order valence-corrected chi connectivity index (χ1v) is 8.72. The fourth-order valence-corrected chi connectivity index (χ4v) is 3.87. The summed E-state index contributed by atoms with van der Waals surface area (Å²) < 4.78 is 1.63. The zero-order valence-electron chi connectivity index (χ0n) is 13.5. The number of nitrogens with zero attached hydrogens (tertiary/aromatic N) is 2. The van der Waals surface area contributed by atoms with Crippen molar-refractivity contribution < 1.29 is 0 Å². The SMILES string of the molecule is C[C@@H](Sc1nc2c([nH]c3ccccc32)c(=O)n1C)c1ccccc1. The summed E-state index contributed by atoms with van der Waals surface area (Å²) in [5.41, 5.74) is 3.43. The normalized spacial score (nSPS) is 12.8. The molecule has 0 bridgehead atoms. The van der Waals surface area contributed by atoms with E-state index >= 15 is 0 Å². The maximum absolute atomic E-state index is 12.7. The Morgan fingerprint density at radius 2 is 1.79 bits per heavy atom. The van der Waals surface area contributed by atoms with Crippen LogP contribution in [0.3, 0.4) is 0 Å². The number of aromatic amines is 1. The van der Waals surface area contributed by atoms with E-state index in [0.717, 1.165) is 21.6 Å². The van der Waals surface area contributed by atoms with Crippen LogP contribution in [0.2, 0.25) is 0 Å². The molecule has 24 heavy (non-hydrogen) atoms. The van der Waals surface area contributed by atoms with E-state index in [0.29, 0.717) is 5.52 Å². The number of nitrogens with one attached hydrogen (secondary N) is 1. The Kier molecular flexibility index (Phi) is 3.65. The van der Waals surface area contributed by atoms with Gasteiger partial charge in [-0.05, 0) is 18.6 Å². The van der Waals surface area contributed by atoms with E-state index in [-0.39, 0.29) is 10.8 Å². The van der Waals surface area contributed by atoms with E-state index in [9.17, 15) is 4.79 Å². The van der Waals surface area contributed by atoms with E-state index in [1.165, 1.54) is 5.56 Å². The predicted octanol–water partition coefficient (Wildman–Crippen LogP) is 4.27. The lowest BCUT2D eigenvalue weighted by atomic mass is 10.2. The number of benzene rings is 2. The van der Waals surface area contributed by atoms with Crippen LogP contribution < -0.4 is 5.56 Å². The average molecular weight is 335 g/mol. The zero-order valence-corrected chi connectivity index (χ0v) is 14.3. The molecule has 4 nitrogen and oxygen atoms in total. The molecule has 0 aliphatic rings. The van der Waals surface area contributed by atoms with Crippen molar-refractivity contribution in [3.63, 3.8) is 0 Å². The third kappa shape index (κ3) is 2.41. The standard InChI is InChI=1S/C19H17N3OS/c1-12(13-8-4-3-5-9-13)24-19-21-16-14-10-6-7-11-15(14)20-17(16)18(23)22(19)2/h3-12,20H,1-2H3/t12-/m1/s1. The van der Waals surface area contributed by atoms with Crippen LogP contribution in [-0.2, 0) is 7.05 Å². The molecule has 5 heteroatoms. The molecular weight excluding hydrogens is 318 g/mol. The van der Waals surface area contributed by atoms with Gasteiger partial charge in [0.15, 0.2) is 5.16 Å². The molecule has 4 rings (SSSR count). The Morgan fingerprint density at radius 3 is 2.58 bits per heavy atom. The van der Waals surface area contributed by atoms with Gasteiger partial charge in [0.05, 0.1) is 0 Å². The summed E-state index contributed by atoms with van der Waals surface area (Å²) in [7, 11) is 1.78. The molecule has 0 aliphatic heterocycles. The molecule has 2 heterocycles. The van der Waals surface area contributed by atoms with Crippen LogP contribution in [0, 0.1) is 0 Å². The van der Waals surface area contributed by atoms with Gasteiger partial charge >= 0.3 is 0 Å². The third-order valence-corrected chi connectivity index (χ3v) is 5.44. The number of rotatable bonds is 3. The van der Waals surface area contributed by atoms with Crippen molar-refractivity contribution in [3.05, 3.63) is 70.5 Å². The van der Waals surface area contributed by atoms with Crippen molar-refractivity contribution in [2.45, 2.75) is 17.3 Å². The van der Waals surface area contributed by atoms with Crippen LogP contribution in [0.5, 0.6) is 0 Å². The molecule has 0 radical (unpaired) electrons. The van der Waals surface area contributed by atoms with Gasteiger partial charge in [-0.1, -0.05) is 60.3 Å². The Labute approximate surface area is 143 Å². The summed E-state index contributed by atoms with van der Waals surface area (Å²) in [6.07, 6.45) is 0. The molecule has 0 aliphatic carbocycles. The van der Waals surface area contributed by atoms with Gasteiger partial charge in [0, 0.05) is 23.2 Å². The lowest BCUT2D eigenvalue weighted by Gasteiger charge is -2.13. The smallest absolute Gasteiger partial charge is 0.278 e. The second-order valence-corrected chi connectivity index (χ2v) is 7.13. The molecule has 120 valence electrons. The van der Waals surface area contributed by atoms with Crippen molar-refractivity contribution in [1.82, 2.24) is 14.5 Å². The van der Waals surface area contributed by atoms with Crippen LogP contribution in [0.15, 0.2) is 64.5 Å². The van der Waals surface area contributed by atoms with Crippen LogP contribution in [0.4, 0.5) is 0 Å². The molecular formula is C19H17N3OS. The largest absolute Gasteiger partial charge is 0.349 e. The van der Waals surface area contributed by atoms with Crippen LogP contribution in [0.25, 0.3) is 21.9 Å². The molecule has 0 spiro atoms. The summed E-state index contributed by atoms with van der Waals surface area (Å²) in [5, 5.41) is 1.93. The van der Waals surface area contributed by atoms with E-state index in [1.54, 1.807) is 23.4 Å². The van der Waals surface area contributed by atoms with Crippen LogP contribution >= 0.6 is 11.8 Å². The van der Waals surface area contributed by atoms with Gasteiger partial charge in [0.25, 0.3) is 5.56 Å². The van der Waals surface area contributed by atoms with E-state index in [1.807, 2.05) is 42.5 Å². The van der Waals surface area contributed by atoms with E-state index < -0.39 is 0 Å². The second kappa shape index (κ2) is 5.83. The highest BCUT2D eigenvalue weighted by Gasteiger charge is 2.16. The van der Waals surface area contributed by atoms with Gasteiger partial charge in [-0.25, -0.2) is 4.98 Å². The maximum atomic E-state index is 12.7. The Morgan fingerprint density at radius 1 is 1.08 bits per heavy atom. The van der Waals surface area contributed by atoms with Crippen LogP contribution in [-0.4, -0.2) is 14.5 Å². The monoisotopic (exact) mass is 335 g/mol. The highest BCUT2D eigenvalue weighted by atomic mass is 32.2. The summed E-state index contributed by atoms with van der Waals surface area (Å²) in [5.74, 6) is 0. The maximum Gasteiger partial charge on any atom is 0.278 e. The number of thioether (sulfide) groups is 1. The fourth-order valence-electron chi connectivity index (χ4n) is 2.88. The summed E-state index contributed by atoms with van der Waals surface area (Å²) >= 11 is 1.60. The zero-order chi connectivity index (χ0) is 16.7. The minimum atomic E-state index is -0.0426. The Hall–Kier alpha value is -2.53. The Balaban J connectivity index is 1.85. The fraction of sp³-hybridized carbons (Fsp3) is 0.158. The molecule has 0 fully saturated rings. The van der Waals surface area contributed by atoms with Crippen molar-refractivity contribution in [2.24, 2.45) is 7.05 Å². The van der Waals surface area contributed by atoms with E-state index in [4.69, 9.17) is 4.98 Å². The molecule has 1 N–H and O–H groups in total. The van der Waals surface area contributed by atoms with Gasteiger partial charge in [-0.15, -0.1) is 0 Å². The Bertz CT molecular complexity index is 1080. The minimum absolute atomic E-state index is 0.0426. The van der Waals surface area contributed by atoms with Gasteiger partial charge in [0.1, 0.15) is 11.0 Å². The number of fused-ring (bicyclic) bond motifs is 3. The molecule has 0 amide bonds. The lowest BCUT2D eigenvalue weighted by Crippen LogP contribution is -2.20. The number of para-hydroxylation sites is 1. The lowest BCUT2D eigenvalue weighted by molar-refractivity contribution is 0.723. The highest BCUT2D eigenvalue weighted by Crippen LogP contribution is 2.34. The van der Waals surface area contributed by atoms with Crippen LogP contribution in [0.1, 0.15) is 17.7 Å². The first-order valence-electron chi connectivity index (χ1n) is 7.84. The van der Waals surface area contributed by atoms with Gasteiger partial charge in [-0.3, -0.25) is 9.36 Å². The summed E-state index contributed by atoms with van der Waals surface area (Å²) in [4.78, 5) is 20.7. The second-order valence-electron chi connectivity index (χ2n) is 5.82. The van der Waals surface area contributed by atoms with Crippen molar-refractivity contribution >= 4 is 33.7 Å². The number of aromatic nitrogens is 3.